The number of hydrogen-bond acceptors (Lipinski definition) is 6. The molecule has 0 aromatic carbocycles. The Morgan fingerprint density at radius 3 is 1.73 bits per heavy atom. The number of halogens is 1. The van der Waals surface area contributed by atoms with E-state index in [9.17, 15) is 9.59 Å². The summed E-state index contributed by atoms with van der Waals surface area (Å²) in [6.07, 6.45) is 0. The van der Waals surface area contributed by atoms with Crippen molar-refractivity contribution in [1.82, 2.24) is 0 Å². The van der Waals surface area contributed by atoms with Crippen LogP contribution in [0.15, 0.2) is 0 Å². The van der Waals surface area contributed by atoms with Crippen molar-refractivity contribution in [2.75, 3.05) is 28.4 Å². The summed E-state index contributed by atoms with van der Waals surface area (Å²) in [5.74, 6) is 5.57. The molecular formula is C26H27BrO6. The highest BCUT2D eigenvalue weighted by molar-refractivity contribution is 9.10. The SMILES string of the molecule is COC(=O)[C@]12[C@H]3[C@@H]4[C@H]5[C@@H]6[C@H]7[C@H]8[C@H]([C@H]9[C@H]1[C@@H]1[C@@H]3[C@@H]5[C@]3(C(=O)OC)[C@H]1[C@@]9(Br)[C@H]8[C@]63OC)[C@@]2(OC)[C@H]47. The molecule has 20 atom stereocenters. The van der Waals surface area contributed by atoms with Crippen molar-refractivity contribution in [3.8, 4) is 0 Å². The van der Waals surface area contributed by atoms with Crippen LogP contribution in [0.4, 0.5) is 0 Å². The molecule has 0 spiro atoms. The van der Waals surface area contributed by atoms with Crippen LogP contribution in [0.2, 0.25) is 0 Å². The Balaban J connectivity index is 1.38. The van der Waals surface area contributed by atoms with Gasteiger partial charge in [0.1, 0.15) is 10.8 Å². The first-order valence-electron chi connectivity index (χ1n) is 12.9. The van der Waals surface area contributed by atoms with Crippen LogP contribution in [0.1, 0.15) is 0 Å². The van der Waals surface area contributed by atoms with Gasteiger partial charge in [0.15, 0.2) is 0 Å². The average molecular weight is 515 g/mol. The first-order valence-corrected chi connectivity index (χ1v) is 13.7. The van der Waals surface area contributed by atoms with Crippen LogP contribution < -0.4 is 0 Å². The topological polar surface area (TPSA) is 71.1 Å². The molecule has 12 saturated carbocycles. The largest absolute Gasteiger partial charge is 0.468 e. The molecule has 12 aliphatic rings. The summed E-state index contributed by atoms with van der Waals surface area (Å²) in [6, 6.07) is 0. The van der Waals surface area contributed by atoms with Gasteiger partial charge in [0.2, 0.25) is 0 Å². The summed E-state index contributed by atoms with van der Waals surface area (Å²) in [5, 5.41) is 0. The minimum atomic E-state index is -0.551. The smallest absolute Gasteiger partial charge is 0.315 e. The molecule has 12 rings (SSSR count). The van der Waals surface area contributed by atoms with Gasteiger partial charge in [0.25, 0.3) is 0 Å². The standard InChI is InChI=1S/C26H27BrO6/c1-30-20(28)22-11-5-6-12-7(11)9-15(22)17-16-10-8(13(5)25(16,22)32-3)14(6)26(33-4)19(10)24(17,27)18(9)23(12,26)21(29)31-2/h5-19H,1-4H3/t5-,6+,7-,8-,9-,10-,11-,12+,13+,14+,15+,16+,17+,18-,19-,22-,23+,24+,25-,26+/m0/s1. The second kappa shape index (κ2) is 4.06. The molecule has 0 N–H and O–H groups in total. The van der Waals surface area contributed by atoms with E-state index in [0.29, 0.717) is 71.0 Å². The van der Waals surface area contributed by atoms with Crippen molar-refractivity contribution in [3.05, 3.63) is 0 Å². The average Bonchev–Trinajstić information content (AvgIpc) is 3.60. The Labute approximate surface area is 199 Å². The molecule has 174 valence electrons. The Morgan fingerprint density at radius 2 is 1.09 bits per heavy atom. The predicted octanol–water partition coefficient (Wildman–Crippen LogP) is 1.60. The van der Waals surface area contributed by atoms with Crippen molar-refractivity contribution >= 4 is 27.9 Å². The second-order valence-corrected chi connectivity index (χ2v) is 15.0. The molecule has 0 amide bonds. The number of methoxy groups -OCH3 is 4. The highest BCUT2D eigenvalue weighted by Gasteiger charge is 3.14. The third-order valence-corrected chi connectivity index (χ3v) is 17.0. The Bertz CT molecular complexity index is 1210. The van der Waals surface area contributed by atoms with Crippen LogP contribution in [0.5, 0.6) is 0 Å². The summed E-state index contributed by atoms with van der Waals surface area (Å²) in [6.45, 7) is 0. The molecule has 0 aromatic rings. The zero-order valence-electron chi connectivity index (χ0n) is 19.0. The van der Waals surface area contributed by atoms with E-state index in [2.05, 4.69) is 15.9 Å². The van der Waals surface area contributed by atoms with Crippen molar-refractivity contribution in [3.63, 3.8) is 0 Å². The van der Waals surface area contributed by atoms with Crippen LogP contribution >= 0.6 is 15.9 Å². The zero-order chi connectivity index (χ0) is 22.1. The fourth-order valence-corrected chi connectivity index (χ4v) is 19.3. The fraction of sp³-hybridized carbons (Fsp3) is 0.923. The normalized spacial score (nSPS) is 81.1. The second-order valence-electron chi connectivity index (χ2n) is 13.6. The monoisotopic (exact) mass is 514 g/mol. The number of esters is 2. The Hall–Kier alpha value is -0.660. The van der Waals surface area contributed by atoms with Gasteiger partial charge in [0, 0.05) is 24.5 Å². The van der Waals surface area contributed by atoms with Crippen molar-refractivity contribution in [1.29, 1.82) is 0 Å². The number of hydrogen-bond donors (Lipinski definition) is 0. The van der Waals surface area contributed by atoms with Gasteiger partial charge in [0.05, 0.1) is 25.4 Å². The maximum atomic E-state index is 14.2. The molecule has 0 bridgehead atoms. The van der Waals surface area contributed by atoms with Gasteiger partial charge in [-0.25, -0.2) is 0 Å². The lowest BCUT2D eigenvalue weighted by molar-refractivity contribution is -0.201. The fourth-order valence-electron chi connectivity index (χ4n) is 17.4. The summed E-state index contributed by atoms with van der Waals surface area (Å²) in [5.41, 5.74) is -1.87. The van der Waals surface area contributed by atoms with E-state index in [4.69, 9.17) is 18.9 Å². The van der Waals surface area contributed by atoms with Crippen molar-refractivity contribution in [2.45, 2.75) is 15.5 Å². The lowest BCUT2D eigenvalue weighted by Crippen LogP contribution is -2.61. The number of ether oxygens (including phenoxy) is 4. The van der Waals surface area contributed by atoms with Gasteiger partial charge in [-0.3, -0.25) is 9.59 Å². The molecule has 0 radical (unpaired) electrons. The number of alkyl halides is 1. The van der Waals surface area contributed by atoms with Crippen LogP contribution in [0.3, 0.4) is 0 Å². The first kappa shape index (κ1) is 17.7. The molecule has 12 aliphatic carbocycles. The maximum Gasteiger partial charge on any atom is 0.315 e. The summed E-state index contributed by atoms with van der Waals surface area (Å²) in [7, 11) is 6.96. The zero-order valence-corrected chi connectivity index (χ0v) is 20.6. The van der Waals surface area contributed by atoms with Gasteiger partial charge in [-0.1, -0.05) is 15.9 Å². The Kier molecular flexibility index (Phi) is 2.18. The van der Waals surface area contributed by atoms with Gasteiger partial charge in [-0.05, 0) is 82.9 Å². The number of carbonyl (C=O) groups excluding carboxylic acids is 2. The van der Waals surface area contributed by atoms with Gasteiger partial charge in [-0.15, -0.1) is 0 Å². The minimum Gasteiger partial charge on any atom is -0.468 e. The lowest BCUT2D eigenvalue weighted by atomic mass is 9.59. The summed E-state index contributed by atoms with van der Waals surface area (Å²) >= 11 is 4.48. The van der Waals surface area contributed by atoms with Crippen LogP contribution in [0, 0.1) is 99.6 Å². The third-order valence-electron chi connectivity index (χ3n) is 15.5. The molecule has 0 unspecified atom stereocenters. The molecule has 0 heterocycles. The van der Waals surface area contributed by atoms with Gasteiger partial charge >= 0.3 is 11.9 Å². The summed E-state index contributed by atoms with van der Waals surface area (Å²) in [4.78, 5) is 28.3. The van der Waals surface area contributed by atoms with Crippen molar-refractivity contribution < 1.29 is 28.5 Å². The maximum absolute atomic E-state index is 14.2. The predicted molar refractivity (Wildman–Crippen MR) is 112 cm³/mol. The minimum absolute atomic E-state index is 0.00256. The molecule has 0 aliphatic heterocycles. The molecule has 12 fully saturated rings. The summed E-state index contributed by atoms with van der Waals surface area (Å²) < 4.78 is 24.9. The lowest BCUT2D eigenvalue weighted by Gasteiger charge is -2.49. The third kappa shape index (κ3) is 0.898. The highest BCUT2D eigenvalue weighted by atomic mass is 79.9. The molecule has 7 heteroatoms. The van der Waals surface area contributed by atoms with E-state index in [1.165, 1.54) is 0 Å². The van der Waals surface area contributed by atoms with E-state index in [0.717, 1.165) is 0 Å². The van der Waals surface area contributed by atoms with E-state index in [1.54, 1.807) is 14.2 Å². The number of carbonyl (C=O) groups is 2. The molecule has 6 nitrogen and oxygen atoms in total. The van der Waals surface area contributed by atoms with E-state index in [1.807, 2.05) is 14.2 Å². The van der Waals surface area contributed by atoms with Crippen LogP contribution in [-0.2, 0) is 28.5 Å². The van der Waals surface area contributed by atoms with Crippen molar-refractivity contribution in [2.24, 2.45) is 99.6 Å². The molecule has 0 aromatic heterocycles. The Morgan fingerprint density at radius 1 is 0.576 bits per heavy atom. The van der Waals surface area contributed by atoms with Crippen LogP contribution in [0.25, 0.3) is 0 Å². The quantitative estimate of drug-likeness (QED) is 0.419. The first-order chi connectivity index (χ1) is 15.9. The molecular weight excluding hydrogens is 488 g/mol. The van der Waals surface area contributed by atoms with E-state index >= 15 is 0 Å². The number of rotatable bonds is 4. The molecule has 0 saturated heterocycles. The van der Waals surface area contributed by atoms with Crippen LogP contribution in [-0.4, -0.2) is 55.9 Å². The van der Waals surface area contributed by atoms with E-state index < -0.39 is 16.4 Å². The molecule has 33 heavy (non-hydrogen) atoms. The van der Waals surface area contributed by atoms with E-state index in [-0.39, 0.29) is 39.6 Å². The van der Waals surface area contributed by atoms with Gasteiger partial charge < -0.3 is 18.9 Å². The highest BCUT2D eigenvalue weighted by Crippen LogP contribution is 3.09. The van der Waals surface area contributed by atoms with Gasteiger partial charge in [-0.2, -0.15) is 0 Å².